The van der Waals surface area contributed by atoms with Gasteiger partial charge < -0.3 is 14.5 Å². The fraction of sp³-hybridized carbons (Fsp3) is 0.650. The number of halogens is 1. The number of rotatable bonds is 7. The van der Waals surface area contributed by atoms with E-state index in [-0.39, 0.29) is 11.7 Å². The second kappa shape index (κ2) is 9.98. The number of anilines is 1. The van der Waals surface area contributed by atoms with Gasteiger partial charge in [-0.15, -0.1) is 0 Å². The molecule has 0 aliphatic carbocycles. The highest BCUT2D eigenvalue weighted by atomic mass is 19.1. The topological polar surface area (TPSA) is 79.2 Å². The summed E-state index contributed by atoms with van der Waals surface area (Å²) in [5, 5.41) is 10.8. The van der Waals surface area contributed by atoms with Gasteiger partial charge in [-0.25, -0.2) is 4.39 Å². The van der Waals surface area contributed by atoms with Crippen LogP contribution >= 0.6 is 0 Å². The quantitative estimate of drug-likeness (QED) is 0.388. The molecule has 0 spiro atoms. The van der Waals surface area contributed by atoms with Crippen molar-refractivity contribution in [1.29, 1.82) is 0 Å². The monoisotopic (exact) mass is 408 g/mol. The van der Waals surface area contributed by atoms with E-state index in [1.807, 2.05) is 11.8 Å². The van der Waals surface area contributed by atoms with Crippen molar-refractivity contribution in [1.82, 2.24) is 9.80 Å². The molecule has 0 amide bonds. The highest BCUT2D eigenvalue weighted by molar-refractivity contribution is 5.71. The molecule has 2 heterocycles. The first-order chi connectivity index (χ1) is 14.0. The molecule has 0 aromatic heterocycles. The lowest BCUT2D eigenvalue weighted by Crippen LogP contribution is -2.50. The molecule has 9 heteroatoms. The molecule has 0 N–H and O–H groups in total. The molecule has 0 radical (unpaired) electrons. The van der Waals surface area contributed by atoms with Gasteiger partial charge in [-0.05, 0) is 31.7 Å². The number of nitro benzene ring substituents is 1. The van der Waals surface area contributed by atoms with Crippen LogP contribution in [0.5, 0.6) is 0 Å². The van der Waals surface area contributed by atoms with Gasteiger partial charge in [-0.3, -0.25) is 19.8 Å². The smallest absolute Gasteiger partial charge is 0.320 e. The standard InChI is InChI=1S/C20H29FN4O4/c1-2-29-20(26)15-23-11-9-22(10-12-23)14-16-5-7-24(8-6-16)19-4-3-17(25(27)28)13-18(19)21/h3-4,13,16H,2,5-12,14-15H2,1H3. The number of esters is 1. The largest absolute Gasteiger partial charge is 0.465 e. The van der Waals surface area contributed by atoms with E-state index in [1.165, 1.54) is 12.1 Å². The second-order valence-corrected chi connectivity index (χ2v) is 7.71. The zero-order valence-corrected chi connectivity index (χ0v) is 16.9. The van der Waals surface area contributed by atoms with Crippen molar-refractivity contribution in [3.8, 4) is 0 Å². The molecule has 1 aromatic rings. The molecule has 0 bridgehead atoms. The maximum atomic E-state index is 14.2. The van der Waals surface area contributed by atoms with Gasteiger partial charge in [0.05, 0.1) is 29.8 Å². The minimum Gasteiger partial charge on any atom is -0.465 e. The Hall–Kier alpha value is -2.26. The third kappa shape index (κ3) is 5.86. The summed E-state index contributed by atoms with van der Waals surface area (Å²) in [6.45, 7) is 8.73. The Bertz CT molecular complexity index is 716. The van der Waals surface area contributed by atoms with Crippen LogP contribution in [0, 0.1) is 21.8 Å². The van der Waals surface area contributed by atoms with E-state index in [1.54, 1.807) is 0 Å². The van der Waals surface area contributed by atoms with E-state index < -0.39 is 10.7 Å². The van der Waals surface area contributed by atoms with Crippen molar-refractivity contribution in [2.75, 3.05) is 63.9 Å². The van der Waals surface area contributed by atoms with Gasteiger partial charge in [0.25, 0.3) is 5.69 Å². The summed E-state index contributed by atoms with van der Waals surface area (Å²) >= 11 is 0. The Morgan fingerprint density at radius 3 is 2.41 bits per heavy atom. The molecular formula is C20H29FN4O4. The molecule has 160 valence electrons. The van der Waals surface area contributed by atoms with Crippen molar-refractivity contribution in [2.24, 2.45) is 5.92 Å². The van der Waals surface area contributed by atoms with Crippen molar-refractivity contribution < 1.29 is 18.8 Å². The first kappa shape index (κ1) is 21.4. The Morgan fingerprint density at radius 2 is 1.83 bits per heavy atom. The first-order valence-corrected chi connectivity index (χ1v) is 10.3. The van der Waals surface area contributed by atoms with Crippen LogP contribution in [0.15, 0.2) is 18.2 Å². The lowest BCUT2D eigenvalue weighted by molar-refractivity contribution is -0.385. The molecule has 2 aliphatic rings. The average Bonchev–Trinajstić information content (AvgIpc) is 2.70. The molecule has 0 unspecified atom stereocenters. The molecule has 0 atom stereocenters. The summed E-state index contributed by atoms with van der Waals surface area (Å²) in [5.41, 5.74) is 0.227. The fourth-order valence-electron chi connectivity index (χ4n) is 4.11. The summed E-state index contributed by atoms with van der Waals surface area (Å²) in [6, 6.07) is 3.87. The molecule has 0 saturated carbocycles. The van der Waals surface area contributed by atoms with Crippen LogP contribution in [-0.4, -0.2) is 79.7 Å². The third-order valence-corrected chi connectivity index (χ3v) is 5.74. The number of nitro groups is 1. The number of non-ortho nitro benzene ring substituents is 1. The molecule has 2 saturated heterocycles. The van der Waals surface area contributed by atoms with E-state index in [0.29, 0.717) is 24.8 Å². The number of ether oxygens (including phenoxy) is 1. The van der Waals surface area contributed by atoms with Gasteiger partial charge in [0, 0.05) is 51.9 Å². The maximum Gasteiger partial charge on any atom is 0.320 e. The van der Waals surface area contributed by atoms with Crippen LogP contribution in [0.25, 0.3) is 0 Å². The maximum absolute atomic E-state index is 14.2. The zero-order valence-electron chi connectivity index (χ0n) is 16.9. The Balaban J connectivity index is 1.42. The highest BCUT2D eigenvalue weighted by Crippen LogP contribution is 2.28. The Labute approximate surface area is 170 Å². The first-order valence-electron chi connectivity index (χ1n) is 10.3. The molecule has 1 aromatic carbocycles. The number of nitrogens with zero attached hydrogens (tertiary/aromatic N) is 4. The fourth-order valence-corrected chi connectivity index (χ4v) is 4.11. The average molecular weight is 408 g/mol. The molecule has 2 aliphatic heterocycles. The van der Waals surface area contributed by atoms with Crippen LogP contribution < -0.4 is 4.90 Å². The van der Waals surface area contributed by atoms with E-state index in [0.717, 1.165) is 64.7 Å². The number of piperidine rings is 1. The van der Waals surface area contributed by atoms with Crippen LogP contribution in [0.2, 0.25) is 0 Å². The summed E-state index contributed by atoms with van der Waals surface area (Å²) < 4.78 is 19.3. The SMILES string of the molecule is CCOC(=O)CN1CCN(CC2CCN(c3ccc([N+](=O)[O-])cc3F)CC2)CC1. The third-order valence-electron chi connectivity index (χ3n) is 5.74. The van der Waals surface area contributed by atoms with Crippen LogP contribution in [0.3, 0.4) is 0 Å². The van der Waals surface area contributed by atoms with E-state index >= 15 is 0 Å². The summed E-state index contributed by atoms with van der Waals surface area (Å²) in [6.07, 6.45) is 1.94. The number of hydrogen-bond donors (Lipinski definition) is 0. The predicted molar refractivity (Wildman–Crippen MR) is 108 cm³/mol. The number of hydrogen-bond acceptors (Lipinski definition) is 7. The molecule has 29 heavy (non-hydrogen) atoms. The van der Waals surface area contributed by atoms with Crippen molar-refractivity contribution in [2.45, 2.75) is 19.8 Å². The Kier molecular flexibility index (Phi) is 7.38. The lowest BCUT2D eigenvalue weighted by Gasteiger charge is -2.39. The van der Waals surface area contributed by atoms with E-state index in [4.69, 9.17) is 4.74 Å². The predicted octanol–water partition coefficient (Wildman–Crippen LogP) is 2.13. The highest BCUT2D eigenvalue weighted by Gasteiger charge is 2.26. The van der Waals surface area contributed by atoms with Gasteiger partial charge in [-0.1, -0.05) is 0 Å². The normalized spacial score (nSPS) is 19.3. The molecule has 2 fully saturated rings. The lowest BCUT2D eigenvalue weighted by atomic mass is 9.95. The number of benzene rings is 1. The van der Waals surface area contributed by atoms with Gasteiger partial charge >= 0.3 is 5.97 Å². The van der Waals surface area contributed by atoms with E-state index in [2.05, 4.69) is 9.80 Å². The molecular weight excluding hydrogens is 379 g/mol. The summed E-state index contributed by atoms with van der Waals surface area (Å²) in [4.78, 5) is 28.3. The second-order valence-electron chi connectivity index (χ2n) is 7.71. The van der Waals surface area contributed by atoms with Crippen molar-refractivity contribution >= 4 is 17.3 Å². The van der Waals surface area contributed by atoms with Gasteiger partial charge in [0.2, 0.25) is 0 Å². The van der Waals surface area contributed by atoms with Crippen LogP contribution in [0.4, 0.5) is 15.8 Å². The van der Waals surface area contributed by atoms with Gasteiger partial charge in [0.15, 0.2) is 5.82 Å². The van der Waals surface area contributed by atoms with Crippen molar-refractivity contribution in [3.05, 3.63) is 34.1 Å². The van der Waals surface area contributed by atoms with E-state index in [9.17, 15) is 19.3 Å². The van der Waals surface area contributed by atoms with Gasteiger partial charge in [0.1, 0.15) is 0 Å². The number of piperazine rings is 1. The minimum absolute atomic E-state index is 0.160. The molecule has 3 rings (SSSR count). The zero-order chi connectivity index (χ0) is 20.8. The Morgan fingerprint density at radius 1 is 1.17 bits per heavy atom. The number of carbonyl (C=O) groups is 1. The van der Waals surface area contributed by atoms with Crippen molar-refractivity contribution in [3.63, 3.8) is 0 Å². The van der Waals surface area contributed by atoms with Crippen LogP contribution in [0.1, 0.15) is 19.8 Å². The molecule has 8 nitrogen and oxygen atoms in total. The van der Waals surface area contributed by atoms with Gasteiger partial charge in [-0.2, -0.15) is 0 Å². The van der Waals surface area contributed by atoms with Crippen LogP contribution in [-0.2, 0) is 9.53 Å². The summed E-state index contributed by atoms with van der Waals surface area (Å²) in [7, 11) is 0. The number of carbonyl (C=O) groups excluding carboxylic acids is 1. The minimum atomic E-state index is -0.578. The summed E-state index contributed by atoms with van der Waals surface area (Å²) in [5.74, 6) is -0.133.